The van der Waals surface area contributed by atoms with E-state index in [0.29, 0.717) is 11.1 Å². The third kappa shape index (κ3) is 3.54. The molecule has 4 heteroatoms. The van der Waals surface area contributed by atoms with Crippen molar-refractivity contribution in [3.8, 4) is 16.9 Å². The summed E-state index contributed by atoms with van der Waals surface area (Å²) >= 11 is 3.35. The molecule has 116 valence electrons. The van der Waals surface area contributed by atoms with Gasteiger partial charge in [0.1, 0.15) is 5.75 Å². The van der Waals surface area contributed by atoms with E-state index in [2.05, 4.69) is 20.9 Å². The first kappa shape index (κ1) is 15.6. The van der Waals surface area contributed by atoms with E-state index in [-0.39, 0.29) is 10.8 Å². The fourth-order valence-corrected chi connectivity index (χ4v) is 2.65. The standard InChI is InChI=1S/C19H16BrNO2/c1-13(20)23-16-9-7-14(8-10-16)17-11-21-12-18(17)19(22)15-5-3-2-4-6-15/h2-13,21H,1H3. The SMILES string of the molecule is CC(Br)Oc1ccc(-c2c[nH]cc2C(=O)c2ccccc2)cc1. The molecule has 1 atom stereocenters. The molecular formula is C19H16BrNO2. The number of benzene rings is 2. The highest BCUT2D eigenvalue weighted by Crippen LogP contribution is 2.28. The Hall–Kier alpha value is -2.33. The van der Waals surface area contributed by atoms with E-state index >= 15 is 0 Å². The van der Waals surface area contributed by atoms with Crippen molar-refractivity contribution in [3.05, 3.63) is 78.1 Å². The van der Waals surface area contributed by atoms with Crippen molar-refractivity contribution in [2.24, 2.45) is 0 Å². The summed E-state index contributed by atoms with van der Waals surface area (Å²) in [6.45, 7) is 1.91. The Kier molecular flexibility index (Phi) is 4.63. The minimum atomic E-state index is -0.0455. The maximum absolute atomic E-state index is 12.7. The number of hydrogen-bond donors (Lipinski definition) is 1. The molecule has 0 saturated heterocycles. The van der Waals surface area contributed by atoms with Gasteiger partial charge in [0, 0.05) is 29.1 Å². The molecule has 2 aromatic carbocycles. The highest BCUT2D eigenvalue weighted by atomic mass is 79.9. The Bertz CT molecular complexity index is 792. The topological polar surface area (TPSA) is 42.1 Å². The van der Waals surface area contributed by atoms with Crippen LogP contribution in [-0.2, 0) is 0 Å². The van der Waals surface area contributed by atoms with Crippen molar-refractivity contribution in [2.75, 3.05) is 0 Å². The molecule has 0 aliphatic rings. The normalized spacial score (nSPS) is 11.9. The van der Waals surface area contributed by atoms with Crippen molar-refractivity contribution >= 4 is 21.7 Å². The predicted molar refractivity (Wildman–Crippen MR) is 95.1 cm³/mol. The summed E-state index contributed by atoms with van der Waals surface area (Å²) in [6.07, 6.45) is 3.59. The van der Waals surface area contributed by atoms with Crippen LogP contribution in [0.5, 0.6) is 5.75 Å². The summed E-state index contributed by atoms with van der Waals surface area (Å²) in [5, 5.41) is -0.0455. The summed E-state index contributed by atoms with van der Waals surface area (Å²) in [4.78, 5) is 15.7. The molecule has 3 aromatic rings. The minimum Gasteiger partial charge on any atom is -0.480 e. The summed E-state index contributed by atoms with van der Waals surface area (Å²) < 4.78 is 5.58. The second-order valence-corrected chi connectivity index (χ2v) is 6.45. The lowest BCUT2D eigenvalue weighted by atomic mass is 9.98. The number of ketones is 1. The molecule has 0 saturated carbocycles. The number of H-pyrrole nitrogens is 1. The van der Waals surface area contributed by atoms with Gasteiger partial charge in [0.25, 0.3) is 0 Å². The molecule has 0 spiro atoms. The van der Waals surface area contributed by atoms with Gasteiger partial charge < -0.3 is 9.72 Å². The number of alkyl halides is 1. The summed E-state index contributed by atoms with van der Waals surface area (Å²) in [5.74, 6) is 0.792. The van der Waals surface area contributed by atoms with Gasteiger partial charge in [0.2, 0.25) is 0 Å². The minimum absolute atomic E-state index is 0.0104. The van der Waals surface area contributed by atoms with E-state index in [9.17, 15) is 4.79 Å². The first-order chi connectivity index (χ1) is 11.1. The van der Waals surface area contributed by atoms with Crippen LogP contribution < -0.4 is 4.74 Å². The largest absolute Gasteiger partial charge is 0.480 e. The molecule has 1 aromatic heterocycles. The molecule has 1 N–H and O–H groups in total. The number of nitrogens with one attached hydrogen (secondary N) is 1. The van der Waals surface area contributed by atoms with Gasteiger partial charge in [-0.2, -0.15) is 0 Å². The molecule has 1 unspecified atom stereocenters. The van der Waals surface area contributed by atoms with E-state index in [4.69, 9.17) is 4.74 Å². The van der Waals surface area contributed by atoms with Crippen molar-refractivity contribution in [1.29, 1.82) is 0 Å². The van der Waals surface area contributed by atoms with Gasteiger partial charge in [-0.25, -0.2) is 0 Å². The van der Waals surface area contributed by atoms with Crippen LogP contribution in [0.3, 0.4) is 0 Å². The molecule has 0 amide bonds. The molecule has 0 aliphatic heterocycles. The maximum atomic E-state index is 12.7. The molecule has 23 heavy (non-hydrogen) atoms. The van der Waals surface area contributed by atoms with Crippen LogP contribution >= 0.6 is 15.9 Å². The van der Waals surface area contributed by atoms with E-state index in [0.717, 1.165) is 16.9 Å². The van der Waals surface area contributed by atoms with Gasteiger partial charge in [-0.05, 0) is 40.5 Å². The van der Waals surface area contributed by atoms with E-state index in [1.165, 1.54) is 0 Å². The molecular weight excluding hydrogens is 354 g/mol. The average molecular weight is 370 g/mol. The Labute approximate surface area is 143 Å². The van der Waals surface area contributed by atoms with E-state index in [1.807, 2.05) is 67.7 Å². The monoisotopic (exact) mass is 369 g/mol. The fraction of sp³-hybridized carbons (Fsp3) is 0.105. The molecule has 0 aliphatic carbocycles. The highest BCUT2D eigenvalue weighted by molar-refractivity contribution is 9.09. The van der Waals surface area contributed by atoms with Crippen LogP contribution in [0.4, 0.5) is 0 Å². The Balaban J connectivity index is 1.90. The van der Waals surface area contributed by atoms with Crippen molar-refractivity contribution in [2.45, 2.75) is 11.9 Å². The number of rotatable bonds is 5. The molecule has 0 bridgehead atoms. The molecule has 1 heterocycles. The Morgan fingerprint density at radius 2 is 1.74 bits per heavy atom. The van der Waals surface area contributed by atoms with Crippen molar-refractivity contribution < 1.29 is 9.53 Å². The lowest BCUT2D eigenvalue weighted by Crippen LogP contribution is -2.02. The molecule has 0 fully saturated rings. The zero-order valence-electron chi connectivity index (χ0n) is 12.6. The first-order valence-corrected chi connectivity index (χ1v) is 8.24. The smallest absolute Gasteiger partial charge is 0.195 e. The third-order valence-electron chi connectivity index (χ3n) is 3.49. The van der Waals surface area contributed by atoms with Crippen LogP contribution in [-0.4, -0.2) is 15.8 Å². The van der Waals surface area contributed by atoms with Crippen molar-refractivity contribution in [1.82, 2.24) is 4.98 Å². The van der Waals surface area contributed by atoms with Gasteiger partial charge in [0.15, 0.2) is 10.8 Å². The number of halogens is 1. The van der Waals surface area contributed by atoms with Gasteiger partial charge in [-0.3, -0.25) is 4.79 Å². The maximum Gasteiger partial charge on any atom is 0.195 e. The second-order valence-electron chi connectivity index (χ2n) is 5.16. The van der Waals surface area contributed by atoms with Crippen LogP contribution in [0.2, 0.25) is 0 Å². The highest BCUT2D eigenvalue weighted by Gasteiger charge is 2.15. The van der Waals surface area contributed by atoms with Crippen molar-refractivity contribution in [3.63, 3.8) is 0 Å². The number of hydrogen-bond acceptors (Lipinski definition) is 2. The lowest BCUT2D eigenvalue weighted by Gasteiger charge is -2.09. The summed E-state index contributed by atoms with van der Waals surface area (Å²) in [5.41, 5.74) is 3.21. The number of aromatic nitrogens is 1. The molecule has 0 radical (unpaired) electrons. The zero-order chi connectivity index (χ0) is 16.2. The summed E-state index contributed by atoms with van der Waals surface area (Å²) in [7, 11) is 0. The first-order valence-electron chi connectivity index (χ1n) is 7.33. The van der Waals surface area contributed by atoms with Crippen LogP contribution in [0.15, 0.2) is 67.0 Å². The predicted octanol–water partition coefficient (Wildman–Crippen LogP) is 5.03. The average Bonchev–Trinajstić information content (AvgIpc) is 3.05. The fourth-order valence-electron chi connectivity index (χ4n) is 2.44. The Morgan fingerprint density at radius 3 is 2.39 bits per heavy atom. The second kappa shape index (κ2) is 6.84. The molecule has 3 rings (SSSR count). The van der Waals surface area contributed by atoms with Gasteiger partial charge >= 0.3 is 0 Å². The number of carbonyl (C=O) groups is 1. The quantitative estimate of drug-likeness (QED) is 0.506. The van der Waals surface area contributed by atoms with Gasteiger partial charge in [-0.15, -0.1) is 0 Å². The lowest BCUT2D eigenvalue weighted by molar-refractivity contribution is 0.103. The Morgan fingerprint density at radius 1 is 1.04 bits per heavy atom. The summed E-state index contributed by atoms with van der Waals surface area (Å²) in [6, 6.07) is 17.0. The number of ether oxygens (including phenoxy) is 1. The van der Waals surface area contributed by atoms with Crippen LogP contribution in [0.1, 0.15) is 22.8 Å². The number of carbonyl (C=O) groups excluding carboxylic acids is 1. The van der Waals surface area contributed by atoms with E-state index in [1.54, 1.807) is 6.20 Å². The zero-order valence-corrected chi connectivity index (χ0v) is 14.2. The third-order valence-corrected chi connectivity index (χ3v) is 3.68. The van der Waals surface area contributed by atoms with E-state index < -0.39 is 0 Å². The van der Waals surface area contributed by atoms with Crippen LogP contribution in [0.25, 0.3) is 11.1 Å². The van der Waals surface area contributed by atoms with Gasteiger partial charge in [-0.1, -0.05) is 42.5 Å². The molecule has 3 nitrogen and oxygen atoms in total. The van der Waals surface area contributed by atoms with Crippen LogP contribution in [0, 0.1) is 0 Å². The van der Waals surface area contributed by atoms with Gasteiger partial charge in [0.05, 0.1) is 0 Å². The number of aromatic amines is 1.